The molecule has 0 atom stereocenters. The fourth-order valence-corrected chi connectivity index (χ4v) is 3.06. The fourth-order valence-electron chi connectivity index (χ4n) is 1.89. The Morgan fingerprint density at radius 1 is 1.43 bits per heavy atom. The van der Waals surface area contributed by atoms with Crippen molar-refractivity contribution in [1.82, 2.24) is 30.4 Å². The van der Waals surface area contributed by atoms with Crippen LogP contribution in [-0.4, -0.2) is 34.8 Å². The molecule has 9 nitrogen and oxygen atoms in total. The van der Waals surface area contributed by atoms with Crippen LogP contribution in [0.2, 0.25) is 0 Å². The van der Waals surface area contributed by atoms with Gasteiger partial charge in [0.15, 0.2) is 10.9 Å². The summed E-state index contributed by atoms with van der Waals surface area (Å²) in [7, 11) is -3.73. The molecule has 1 aliphatic rings. The minimum atomic E-state index is -3.73. The van der Waals surface area contributed by atoms with Crippen LogP contribution in [0.4, 0.5) is 0 Å². The van der Waals surface area contributed by atoms with E-state index in [4.69, 9.17) is 0 Å². The van der Waals surface area contributed by atoms with Crippen LogP contribution in [0.3, 0.4) is 0 Å². The van der Waals surface area contributed by atoms with E-state index in [1.54, 1.807) is 6.92 Å². The molecule has 2 aromatic rings. The topological polar surface area (TPSA) is 126 Å². The van der Waals surface area contributed by atoms with Crippen molar-refractivity contribution in [2.24, 2.45) is 0 Å². The monoisotopic (exact) mass is 312 g/mol. The summed E-state index contributed by atoms with van der Waals surface area (Å²) in [6.07, 6.45) is 3.41. The van der Waals surface area contributed by atoms with Crippen LogP contribution in [0.15, 0.2) is 15.9 Å². The Morgan fingerprint density at radius 3 is 2.90 bits per heavy atom. The molecule has 1 fully saturated rings. The van der Waals surface area contributed by atoms with Gasteiger partial charge >= 0.3 is 0 Å². The van der Waals surface area contributed by atoms with Crippen LogP contribution in [0, 0.1) is 6.92 Å². The van der Waals surface area contributed by atoms with Gasteiger partial charge in [0.1, 0.15) is 0 Å². The molecule has 1 aliphatic carbocycles. The van der Waals surface area contributed by atoms with E-state index in [-0.39, 0.29) is 17.4 Å². The van der Waals surface area contributed by atoms with Crippen LogP contribution < -0.4 is 10.0 Å². The van der Waals surface area contributed by atoms with E-state index in [0.29, 0.717) is 18.2 Å². The highest BCUT2D eigenvalue weighted by Crippen LogP contribution is 2.22. The lowest BCUT2D eigenvalue weighted by Gasteiger charge is -2.06. The molecule has 3 N–H and O–H groups in total. The van der Waals surface area contributed by atoms with E-state index >= 15 is 0 Å². The second kappa shape index (κ2) is 5.54. The average molecular weight is 312 g/mol. The van der Waals surface area contributed by atoms with E-state index < -0.39 is 10.0 Å². The first-order chi connectivity index (χ1) is 10.1. The van der Waals surface area contributed by atoms with Gasteiger partial charge in [0, 0.05) is 23.8 Å². The molecule has 114 valence electrons. The first-order valence-electron chi connectivity index (χ1n) is 6.58. The number of hydrogen-bond donors (Lipinski definition) is 3. The van der Waals surface area contributed by atoms with Crippen molar-refractivity contribution in [2.45, 2.75) is 43.9 Å². The number of nitrogens with zero attached hydrogens (tertiary/aromatic N) is 3. The lowest BCUT2D eigenvalue weighted by atomic mass is 10.2. The Labute approximate surface area is 121 Å². The summed E-state index contributed by atoms with van der Waals surface area (Å²) in [6.45, 7) is 2.24. The Balaban J connectivity index is 1.74. The Kier molecular flexibility index (Phi) is 3.74. The summed E-state index contributed by atoms with van der Waals surface area (Å²) < 4.78 is 31.6. The van der Waals surface area contributed by atoms with Crippen LogP contribution >= 0.6 is 0 Å². The molecule has 0 aromatic carbocycles. The highest BCUT2D eigenvalue weighted by molar-refractivity contribution is 7.89. The maximum Gasteiger partial charge on any atom is 0.260 e. The first-order valence-corrected chi connectivity index (χ1v) is 8.07. The molecule has 0 radical (unpaired) electrons. The molecule has 1 saturated carbocycles. The second-order valence-corrected chi connectivity index (χ2v) is 6.64. The molecule has 2 aromatic heterocycles. The molecule has 21 heavy (non-hydrogen) atoms. The third-order valence-electron chi connectivity index (χ3n) is 3.26. The normalized spacial score (nSPS) is 15.5. The average Bonchev–Trinajstić information content (AvgIpc) is 2.98. The van der Waals surface area contributed by atoms with Crippen LogP contribution in [0.5, 0.6) is 0 Å². The third-order valence-corrected chi connectivity index (χ3v) is 4.63. The molecule has 0 spiro atoms. The lowest BCUT2D eigenvalue weighted by Crippen LogP contribution is -2.26. The molecule has 2 heterocycles. The molecule has 0 saturated heterocycles. The van der Waals surface area contributed by atoms with Crippen molar-refractivity contribution in [3.63, 3.8) is 0 Å². The maximum absolute atomic E-state index is 12.3. The zero-order chi connectivity index (χ0) is 14.9. The number of H-pyrrole nitrogens is 1. The number of hydrogen-bond acceptors (Lipinski definition) is 7. The van der Waals surface area contributed by atoms with Gasteiger partial charge in [-0.2, -0.15) is 10.1 Å². The molecular formula is C11H16N6O3S. The predicted octanol–water partition coefficient (Wildman–Crippen LogP) is -0.168. The summed E-state index contributed by atoms with van der Waals surface area (Å²) in [5.41, 5.74) is 1.39. The summed E-state index contributed by atoms with van der Waals surface area (Å²) in [5.74, 6) is 0.267. The van der Waals surface area contributed by atoms with Gasteiger partial charge in [-0.05, 0) is 19.8 Å². The summed E-state index contributed by atoms with van der Waals surface area (Å²) in [6, 6.07) is 0.488. The zero-order valence-corrected chi connectivity index (χ0v) is 12.3. The lowest BCUT2D eigenvalue weighted by molar-refractivity contribution is 0.409. The second-order valence-electron chi connectivity index (χ2n) is 4.96. The largest absolute Gasteiger partial charge is 0.343 e. The highest BCUT2D eigenvalue weighted by atomic mass is 32.2. The van der Waals surface area contributed by atoms with Gasteiger partial charge in [0.2, 0.25) is 6.39 Å². The minimum Gasteiger partial charge on any atom is -0.343 e. The Hall–Kier alpha value is -1.78. The predicted molar refractivity (Wildman–Crippen MR) is 71.5 cm³/mol. The summed E-state index contributed by atoms with van der Waals surface area (Å²) in [4.78, 5) is 3.76. The van der Waals surface area contributed by atoms with E-state index in [1.165, 1.54) is 0 Å². The van der Waals surface area contributed by atoms with E-state index in [0.717, 1.165) is 24.9 Å². The fraction of sp³-hybridized carbons (Fsp3) is 0.545. The smallest absolute Gasteiger partial charge is 0.260 e. The molecule has 0 amide bonds. The van der Waals surface area contributed by atoms with Gasteiger partial charge in [-0.3, -0.25) is 5.10 Å². The quantitative estimate of drug-likeness (QED) is 0.648. The van der Waals surface area contributed by atoms with Gasteiger partial charge in [0.25, 0.3) is 10.0 Å². The van der Waals surface area contributed by atoms with Crippen molar-refractivity contribution >= 4 is 10.0 Å². The molecule has 0 aliphatic heterocycles. The van der Waals surface area contributed by atoms with Gasteiger partial charge in [-0.25, -0.2) is 13.1 Å². The van der Waals surface area contributed by atoms with Crippen LogP contribution in [0.25, 0.3) is 0 Å². The maximum atomic E-state index is 12.3. The molecule has 0 unspecified atom stereocenters. The zero-order valence-electron chi connectivity index (χ0n) is 11.5. The number of aromatic nitrogens is 4. The van der Waals surface area contributed by atoms with Crippen molar-refractivity contribution in [1.29, 1.82) is 0 Å². The number of aromatic amines is 1. The van der Waals surface area contributed by atoms with Crippen molar-refractivity contribution in [3.05, 3.63) is 23.5 Å². The van der Waals surface area contributed by atoms with Crippen molar-refractivity contribution in [3.8, 4) is 0 Å². The van der Waals surface area contributed by atoms with E-state index in [2.05, 4.69) is 34.9 Å². The summed E-state index contributed by atoms with van der Waals surface area (Å²) in [5, 5.41) is 13.5. The van der Waals surface area contributed by atoms with E-state index in [1.807, 2.05) is 0 Å². The van der Waals surface area contributed by atoms with Gasteiger partial charge in [0.05, 0.1) is 6.54 Å². The molecular weight excluding hydrogens is 296 g/mol. The number of sulfonamides is 1. The third kappa shape index (κ3) is 3.28. The Morgan fingerprint density at radius 2 is 2.24 bits per heavy atom. The first kappa shape index (κ1) is 14.2. The SMILES string of the molecule is Cc1[nH]nc(S(=O)(=O)NCc2ncon2)c1CNC1CC1. The number of nitrogens with one attached hydrogen (secondary N) is 3. The molecule has 3 rings (SSSR count). The highest BCUT2D eigenvalue weighted by Gasteiger charge is 2.26. The van der Waals surface area contributed by atoms with E-state index in [9.17, 15) is 8.42 Å². The minimum absolute atomic E-state index is 0.0108. The van der Waals surface area contributed by atoms with Crippen molar-refractivity contribution in [2.75, 3.05) is 0 Å². The van der Waals surface area contributed by atoms with Gasteiger partial charge in [-0.1, -0.05) is 5.16 Å². The molecule has 0 bridgehead atoms. The molecule has 10 heteroatoms. The van der Waals surface area contributed by atoms with Gasteiger partial charge in [-0.15, -0.1) is 0 Å². The van der Waals surface area contributed by atoms with Crippen molar-refractivity contribution < 1.29 is 12.9 Å². The standard InChI is InChI=1S/C11H16N6O3S/c1-7-9(4-12-8-2-3-8)11(16-15-7)21(18,19)14-5-10-13-6-20-17-10/h6,8,12,14H,2-5H2,1H3,(H,15,16). The summed E-state index contributed by atoms with van der Waals surface area (Å²) >= 11 is 0. The Bertz CT molecular complexity index is 704. The number of aryl methyl sites for hydroxylation is 1. The van der Waals surface area contributed by atoms with Crippen LogP contribution in [-0.2, 0) is 23.1 Å². The van der Waals surface area contributed by atoms with Gasteiger partial charge < -0.3 is 9.84 Å². The number of rotatable bonds is 7. The van der Waals surface area contributed by atoms with Crippen LogP contribution in [0.1, 0.15) is 29.9 Å².